The van der Waals surface area contributed by atoms with Crippen molar-refractivity contribution in [1.29, 1.82) is 0 Å². The van der Waals surface area contributed by atoms with Crippen LogP contribution in [0.3, 0.4) is 0 Å². The van der Waals surface area contributed by atoms with E-state index in [0.717, 1.165) is 38.6 Å². The van der Waals surface area contributed by atoms with E-state index in [4.69, 9.17) is 5.73 Å². The van der Waals surface area contributed by atoms with Crippen molar-refractivity contribution in [1.82, 2.24) is 0 Å². The molecule has 0 bridgehead atoms. The zero-order valence-corrected chi connectivity index (χ0v) is 7.18. The molecule has 0 aliphatic heterocycles. The van der Waals surface area contributed by atoms with Gasteiger partial charge in [-0.15, -0.1) is 0 Å². The average molecular weight is 157 g/mol. The van der Waals surface area contributed by atoms with Crippen molar-refractivity contribution in [2.45, 2.75) is 50.5 Å². The van der Waals surface area contributed by atoms with Crippen LogP contribution in [0.15, 0.2) is 0 Å². The lowest BCUT2D eigenvalue weighted by molar-refractivity contribution is 0.0365. The monoisotopic (exact) mass is 157 g/mol. The summed E-state index contributed by atoms with van der Waals surface area (Å²) >= 11 is 0. The molecule has 0 atom stereocenters. The van der Waals surface area contributed by atoms with Crippen LogP contribution in [0, 0.1) is 0 Å². The van der Waals surface area contributed by atoms with Gasteiger partial charge in [-0.3, -0.25) is 0 Å². The summed E-state index contributed by atoms with van der Waals surface area (Å²) < 4.78 is 0. The Balaban J connectivity index is 2.13. The van der Waals surface area contributed by atoms with E-state index in [2.05, 4.69) is 0 Å². The van der Waals surface area contributed by atoms with Crippen molar-refractivity contribution in [3.63, 3.8) is 0 Å². The van der Waals surface area contributed by atoms with Gasteiger partial charge in [0.1, 0.15) is 0 Å². The highest BCUT2D eigenvalue weighted by Crippen LogP contribution is 2.33. The molecule has 0 heterocycles. The van der Waals surface area contributed by atoms with Crippen LogP contribution in [0.2, 0.25) is 0 Å². The minimum absolute atomic E-state index is 0.310. The van der Waals surface area contributed by atoms with Gasteiger partial charge in [0.15, 0.2) is 0 Å². The summed E-state index contributed by atoms with van der Waals surface area (Å²) in [6.07, 6.45) is 7.55. The summed E-state index contributed by atoms with van der Waals surface area (Å²) in [5, 5.41) is 9.88. The first-order chi connectivity index (χ1) is 5.27. The Labute approximate surface area is 68.8 Å². The maximum Gasteiger partial charge on any atom is 0.0647 e. The molecule has 1 saturated carbocycles. The first kappa shape index (κ1) is 9.01. The maximum atomic E-state index is 9.88. The molecule has 0 saturated heterocycles. The van der Waals surface area contributed by atoms with Gasteiger partial charge in [0.05, 0.1) is 5.60 Å². The topological polar surface area (TPSA) is 46.2 Å². The van der Waals surface area contributed by atoms with Crippen molar-refractivity contribution >= 4 is 0 Å². The molecule has 1 aliphatic carbocycles. The molecule has 0 aromatic rings. The van der Waals surface area contributed by atoms with Gasteiger partial charge >= 0.3 is 0 Å². The number of aliphatic hydroxyl groups is 1. The van der Waals surface area contributed by atoms with E-state index in [0.29, 0.717) is 0 Å². The van der Waals surface area contributed by atoms with E-state index >= 15 is 0 Å². The third-order valence-corrected chi connectivity index (χ3v) is 2.63. The van der Waals surface area contributed by atoms with Crippen LogP contribution < -0.4 is 5.73 Å². The zero-order valence-electron chi connectivity index (χ0n) is 7.18. The van der Waals surface area contributed by atoms with Crippen LogP contribution in [-0.2, 0) is 0 Å². The fourth-order valence-electron chi connectivity index (χ4n) is 1.88. The van der Waals surface area contributed by atoms with Gasteiger partial charge in [-0.25, -0.2) is 0 Å². The van der Waals surface area contributed by atoms with Gasteiger partial charge in [0, 0.05) is 0 Å². The molecule has 0 radical (unpaired) electrons. The molecule has 1 rings (SSSR count). The molecule has 0 aromatic carbocycles. The van der Waals surface area contributed by atoms with Gasteiger partial charge < -0.3 is 10.8 Å². The lowest BCUT2D eigenvalue weighted by Gasteiger charge is -2.21. The summed E-state index contributed by atoms with van der Waals surface area (Å²) in [5.41, 5.74) is 5.06. The molecule has 66 valence electrons. The standard InChI is InChI=1S/C9H19NO/c10-8-4-3-7-9(11)5-1-2-6-9/h11H,1-8,10H2. The van der Waals surface area contributed by atoms with Crippen LogP contribution in [0.1, 0.15) is 44.9 Å². The van der Waals surface area contributed by atoms with Crippen LogP contribution in [-0.4, -0.2) is 17.3 Å². The lowest BCUT2D eigenvalue weighted by atomic mass is 9.95. The minimum Gasteiger partial charge on any atom is -0.390 e. The Hall–Kier alpha value is -0.0800. The average Bonchev–Trinajstić information content (AvgIpc) is 2.38. The minimum atomic E-state index is -0.310. The Bertz CT molecular complexity index is 108. The Morgan fingerprint density at radius 1 is 1.18 bits per heavy atom. The summed E-state index contributed by atoms with van der Waals surface area (Å²) in [7, 11) is 0. The summed E-state index contributed by atoms with van der Waals surface area (Å²) in [6.45, 7) is 0.760. The van der Waals surface area contributed by atoms with Gasteiger partial charge in [-0.05, 0) is 38.6 Å². The van der Waals surface area contributed by atoms with E-state index < -0.39 is 0 Å². The summed E-state index contributed by atoms with van der Waals surface area (Å²) in [5.74, 6) is 0. The van der Waals surface area contributed by atoms with Crippen molar-refractivity contribution in [2.75, 3.05) is 6.54 Å². The molecule has 0 spiro atoms. The predicted octanol–water partition coefficient (Wildman–Crippen LogP) is 1.42. The van der Waals surface area contributed by atoms with Crippen molar-refractivity contribution < 1.29 is 5.11 Å². The normalized spacial score (nSPS) is 22.4. The molecular formula is C9H19NO. The number of unbranched alkanes of at least 4 members (excludes halogenated alkanes) is 1. The molecule has 0 amide bonds. The second kappa shape index (κ2) is 4.07. The Morgan fingerprint density at radius 3 is 2.36 bits per heavy atom. The molecule has 0 aromatic heterocycles. The zero-order chi connectivity index (χ0) is 8.16. The largest absolute Gasteiger partial charge is 0.390 e. The van der Waals surface area contributed by atoms with Gasteiger partial charge in [-0.1, -0.05) is 12.8 Å². The first-order valence-corrected chi connectivity index (χ1v) is 4.69. The molecule has 2 nitrogen and oxygen atoms in total. The third kappa shape index (κ3) is 2.80. The van der Waals surface area contributed by atoms with Crippen molar-refractivity contribution in [3.05, 3.63) is 0 Å². The highest BCUT2D eigenvalue weighted by atomic mass is 16.3. The number of rotatable bonds is 4. The van der Waals surface area contributed by atoms with E-state index in [9.17, 15) is 5.11 Å². The second-order valence-electron chi connectivity index (χ2n) is 3.68. The van der Waals surface area contributed by atoms with Crippen molar-refractivity contribution in [3.8, 4) is 0 Å². The number of nitrogens with two attached hydrogens (primary N) is 1. The summed E-state index contributed by atoms with van der Waals surface area (Å²) in [4.78, 5) is 0. The molecule has 1 fully saturated rings. The van der Waals surface area contributed by atoms with Crippen LogP contribution in [0.4, 0.5) is 0 Å². The SMILES string of the molecule is NCCCCC1(O)CCCC1. The van der Waals surface area contributed by atoms with E-state index in [1.807, 2.05) is 0 Å². The first-order valence-electron chi connectivity index (χ1n) is 4.69. The Morgan fingerprint density at radius 2 is 1.82 bits per heavy atom. The smallest absolute Gasteiger partial charge is 0.0647 e. The van der Waals surface area contributed by atoms with E-state index in [1.165, 1.54) is 12.8 Å². The number of hydrogen-bond donors (Lipinski definition) is 2. The highest BCUT2D eigenvalue weighted by molar-refractivity contribution is 4.83. The van der Waals surface area contributed by atoms with E-state index in [-0.39, 0.29) is 5.60 Å². The predicted molar refractivity (Wildman–Crippen MR) is 46.3 cm³/mol. The molecule has 11 heavy (non-hydrogen) atoms. The summed E-state index contributed by atoms with van der Waals surface area (Å²) in [6, 6.07) is 0. The van der Waals surface area contributed by atoms with Gasteiger partial charge in [0.25, 0.3) is 0 Å². The molecule has 0 unspecified atom stereocenters. The fraction of sp³-hybridized carbons (Fsp3) is 1.00. The fourth-order valence-corrected chi connectivity index (χ4v) is 1.88. The lowest BCUT2D eigenvalue weighted by Crippen LogP contribution is -2.23. The van der Waals surface area contributed by atoms with Crippen LogP contribution in [0.25, 0.3) is 0 Å². The molecular weight excluding hydrogens is 138 g/mol. The van der Waals surface area contributed by atoms with Gasteiger partial charge in [0.2, 0.25) is 0 Å². The van der Waals surface area contributed by atoms with Crippen molar-refractivity contribution in [2.24, 2.45) is 5.73 Å². The van der Waals surface area contributed by atoms with Crippen LogP contribution in [0.5, 0.6) is 0 Å². The third-order valence-electron chi connectivity index (χ3n) is 2.63. The van der Waals surface area contributed by atoms with Crippen LogP contribution >= 0.6 is 0 Å². The molecule has 1 aliphatic rings. The van der Waals surface area contributed by atoms with E-state index in [1.54, 1.807) is 0 Å². The molecule has 3 N–H and O–H groups in total. The quantitative estimate of drug-likeness (QED) is 0.606. The highest BCUT2D eigenvalue weighted by Gasteiger charge is 2.29. The van der Waals surface area contributed by atoms with Gasteiger partial charge in [-0.2, -0.15) is 0 Å². The Kier molecular flexibility index (Phi) is 3.34. The molecule has 2 heteroatoms. The number of hydrogen-bond acceptors (Lipinski definition) is 2. The maximum absolute atomic E-state index is 9.88. The second-order valence-corrected chi connectivity index (χ2v) is 3.68.